The SMILES string of the molecule is COc1ccc2nc3c(c(Cc4ccccc4)c2c1)CCC3. The average molecular weight is 289 g/mol. The maximum absolute atomic E-state index is 5.42. The van der Waals surface area contributed by atoms with E-state index in [1.807, 2.05) is 6.07 Å². The molecule has 0 saturated carbocycles. The lowest BCUT2D eigenvalue weighted by Gasteiger charge is -2.13. The van der Waals surface area contributed by atoms with Gasteiger partial charge in [0.25, 0.3) is 0 Å². The third-order valence-electron chi connectivity index (χ3n) is 4.56. The molecule has 3 aromatic rings. The molecule has 2 heteroatoms. The molecule has 0 aliphatic heterocycles. The van der Waals surface area contributed by atoms with Gasteiger partial charge in [-0.15, -0.1) is 0 Å². The summed E-state index contributed by atoms with van der Waals surface area (Å²) in [6.07, 6.45) is 4.45. The largest absolute Gasteiger partial charge is 0.497 e. The van der Waals surface area contributed by atoms with Gasteiger partial charge in [0, 0.05) is 11.1 Å². The fourth-order valence-electron chi connectivity index (χ4n) is 3.47. The molecule has 2 aromatic carbocycles. The first-order valence-corrected chi connectivity index (χ1v) is 7.87. The van der Waals surface area contributed by atoms with Crippen LogP contribution in [0.1, 0.15) is 28.8 Å². The number of nitrogens with zero attached hydrogens (tertiary/aromatic N) is 1. The van der Waals surface area contributed by atoms with E-state index in [9.17, 15) is 0 Å². The van der Waals surface area contributed by atoms with Gasteiger partial charge in [-0.25, -0.2) is 0 Å². The number of hydrogen-bond acceptors (Lipinski definition) is 2. The Morgan fingerprint density at radius 3 is 2.73 bits per heavy atom. The van der Waals surface area contributed by atoms with Crippen molar-refractivity contribution >= 4 is 10.9 Å². The average Bonchev–Trinajstić information content (AvgIpc) is 3.03. The second-order valence-electron chi connectivity index (χ2n) is 5.91. The van der Waals surface area contributed by atoms with Crippen LogP contribution in [-0.2, 0) is 19.3 Å². The minimum atomic E-state index is 0.904. The lowest BCUT2D eigenvalue weighted by molar-refractivity contribution is 0.415. The molecule has 0 unspecified atom stereocenters. The first kappa shape index (κ1) is 13.3. The standard InChI is InChI=1S/C20H19NO/c1-22-15-10-11-20-18(13-15)17(12-14-6-3-2-4-7-14)16-8-5-9-19(16)21-20/h2-4,6-7,10-11,13H,5,8-9,12H2,1H3. The molecule has 0 bridgehead atoms. The van der Waals surface area contributed by atoms with Crippen LogP contribution in [0.3, 0.4) is 0 Å². The highest BCUT2D eigenvalue weighted by Crippen LogP contribution is 2.33. The van der Waals surface area contributed by atoms with Gasteiger partial charge < -0.3 is 4.74 Å². The van der Waals surface area contributed by atoms with E-state index in [-0.39, 0.29) is 0 Å². The number of benzene rings is 2. The smallest absolute Gasteiger partial charge is 0.119 e. The number of fused-ring (bicyclic) bond motifs is 2. The van der Waals surface area contributed by atoms with Crippen LogP contribution in [0.25, 0.3) is 10.9 Å². The van der Waals surface area contributed by atoms with Crippen molar-refractivity contribution in [1.82, 2.24) is 4.98 Å². The first-order chi connectivity index (χ1) is 10.8. The molecule has 0 spiro atoms. The third kappa shape index (κ3) is 2.25. The van der Waals surface area contributed by atoms with E-state index in [2.05, 4.69) is 42.5 Å². The van der Waals surface area contributed by atoms with Crippen molar-refractivity contribution in [2.75, 3.05) is 7.11 Å². The molecular weight excluding hydrogens is 270 g/mol. The number of pyridine rings is 1. The van der Waals surface area contributed by atoms with Gasteiger partial charge in [-0.2, -0.15) is 0 Å². The number of ether oxygens (including phenoxy) is 1. The van der Waals surface area contributed by atoms with Crippen LogP contribution in [0, 0.1) is 0 Å². The minimum Gasteiger partial charge on any atom is -0.497 e. The van der Waals surface area contributed by atoms with Gasteiger partial charge in [0.15, 0.2) is 0 Å². The molecule has 0 fully saturated rings. The van der Waals surface area contributed by atoms with Gasteiger partial charge >= 0.3 is 0 Å². The van der Waals surface area contributed by atoms with Crippen LogP contribution in [-0.4, -0.2) is 12.1 Å². The first-order valence-electron chi connectivity index (χ1n) is 7.87. The van der Waals surface area contributed by atoms with E-state index in [4.69, 9.17) is 9.72 Å². The number of rotatable bonds is 3. The van der Waals surface area contributed by atoms with Crippen LogP contribution in [0.15, 0.2) is 48.5 Å². The van der Waals surface area contributed by atoms with Crippen LogP contribution in [0.5, 0.6) is 5.75 Å². The lowest BCUT2D eigenvalue weighted by Crippen LogP contribution is -2.00. The lowest BCUT2D eigenvalue weighted by atomic mass is 9.95. The van der Waals surface area contributed by atoms with Crippen molar-refractivity contribution in [3.63, 3.8) is 0 Å². The molecule has 22 heavy (non-hydrogen) atoms. The van der Waals surface area contributed by atoms with Crippen LogP contribution in [0.4, 0.5) is 0 Å². The van der Waals surface area contributed by atoms with Crippen LogP contribution >= 0.6 is 0 Å². The summed E-state index contributed by atoms with van der Waals surface area (Å²) < 4.78 is 5.42. The van der Waals surface area contributed by atoms with Gasteiger partial charge in [0.1, 0.15) is 5.75 Å². The van der Waals surface area contributed by atoms with Crippen molar-refractivity contribution in [1.29, 1.82) is 0 Å². The van der Waals surface area contributed by atoms with Crippen molar-refractivity contribution < 1.29 is 4.74 Å². The molecule has 2 nitrogen and oxygen atoms in total. The molecule has 0 radical (unpaired) electrons. The van der Waals surface area contributed by atoms with E-state index >= 15 is 0 Å². The Bertz CT molecular complexity index is 824. The molecule has 0 saturated heterocycles. The summed E-state index contributed by atoms with van der Waals surface area (Å²) in [7, 11) is 1.72. The fraction of sp³-hybridized carbons (Fsp3) is 0.250. The molecule has 1 heterocycles. The summed E-state index contributed by atoms with van der Waals surface area (Å²) in [6.45, 7) is 0. The minimum absolute atomic E-state index is 0.904. The summed E-state index contributed by atoms with van der Waals surface area (Å²) in [5, 5.41) is 1.24. The number of aryl methyl sites for hydroxylation is 1. The van der Waals surface area contributed by atoms with Gasteiger partial charge in [-0.1, -0.05) is 30.3 Å². The fourth-order valence-corrected chi connectivity index (χ4v) is 3.47. The highest BCUT2D eigenvalue weighted by Gasteiger charge is 2.19. The molecule has 1 aliphatic rings. The Labute approximate surface area is 130 Å². The number of hydrogen-bond donors (Lipinski definition) is 0. The summed E-state index contributed by atoms with van der Waals surface area (Å²) in [5.74, 6) is 0.904. The zero-order valence-corrected chi connectivity index (χ0v) is 12.8. The maximum atomic E-state index is 5.42. The topological polar surface area (TPSA) is 22.1 Å². The summed E-state index contributed by atoms with van der Waals surface area (Å²) in [5.41, 5.74) is 6.63. The zero-order chi connectivity index (χ0) is 14.9. The van der Waals surface area contributed by atoms with Gasteiger partial charge in [-0.05, 0) is 60.6 Å². The Balaban J connectivity index is 1.93. The van der Waals surface area contributed by atoms with Gasteiger partial charge in [0.05, 0.1) is 12.6 Å². The molecule has 0 amide bonds. The monoisotopic (exact) mass is 289 g/mol. The van der Waals surface area contributed by atoms with Gasteiger partial charge in [-0.3, -0.25) is 4.98 Å². The molecule has 1 aliphatic carbocycles. The van der Waals surface area contributed by atoms with E-state index in [1.165, 1.54) is 34.2 Å². The number of methoxy groups -OCH3 is 1. The predicted octanol–water partition coefficient (Wildman–Crippen LogP) is 4.32. The Hall–Kier alpha value is -2.35. The second kappa shape index (κ2) is 5.45. The Morgan fingerprint density at radius 2 is 1.91 bits per heavy atom. The zero-order valence-electron chi connectivity index (χ0n) is 12.8. The number of aromatic nitrogens is 1. The predicted molar refractivity (Wildman–Crippen MR) is 89.6 cm³/mol. The normalized spacial score (nSPS) is 13.3. The molecular formula is C20H19NO. The summed E-state index contributed by atoms with van der Waals surface area (Å²) >= 11 is 0. The summed E-state index contributed by atoms with van der Waals surface area (Å²) in [4.78, 5) is 4.88. The van der Waals surface area contributed by atoms with E-state index in [0.717, 1.165) is 30.5 Å². The Morgan fingerprint density at radius 1 is 1.05 bits per heavy atom. The van der Waals surface area contributed by atoms with Gasteiger partial charge in [0.2, 0.25) is 0 Å². The quantitative estimate of drug-likeness (QED) is 0.716. The molecule has 1 aromatic heterocycles. The molecule has 0 atom stereocenters. The highest BCUT2D eigenvalue weighted by atomic mass is 16.5. The molecule has 0 N–H and O–H groups in total. The molecule has 4 rings (SSSR count). The highest BCUT2D eigenvalue weighted by molar-refractivity contribution is 5.85. The molecule has 110 valence electrons. The van der Waals surface area contributed by atoms with Crippen molar-refractivity contribution in [3.05, 3.63) is 70.9 Å². The van der Waals surface area contributed by atoms with Crippen LogP contribution in [0.2, 0.25) is 0 Å². The maximum Gasteiger partial charge on any atom is 0.119 e. The summed E-state index contributed by atoms with van der Waals surface area (Å²) in [6, 6.07) is 16.9. The van der Waals surface area contributed by atoms with Crippen LogP contribution < -0.4 is 4.74 Å². The van der Waals surface area contributed by atoms with Crippen molar-refractivity contribution in [2.24, 2.45) is 0 Å². The second-order valence-corrected chi connectivity index (χ2v) is 5.91. The van der Waals surface area contributed by atoms with Crippen molar-refractivity contribution in [2.45, 2.75) is 25.7 Å². The van der Waals surface area contributed by atoms with E-state index in [0.29, 0.717) is 0 Å². The van der Waals surface area contributed by atoms with E-state index < -0.39 is 0 Å². The Kier molecular flexibility index (Phi) is 3.30. The van der Waals surface area contributed by atoms with E-state index in [1.54, 1.807) is 7.11 Å². The van der Waals surface area contributed by atoms with Crippen molar-refractivity contribution in [3.8, 4) is 5.75 Å². The third-order valence-corrected chi connectivity index (χ3v) is 4.56.